The fourth-order valence-corrected chi connectivity index (χ4v) is 2.19. The first kappa shape index (κ1) is 13.5. The average Bonchev–Trinajstić information content (AvgIpc) is 2.27. The highest BCUT2D eigenvalue weighted by atomic mass is 79.9. The van der Waals surface area contributed by atoms with E-state index in [0.717, 1.165) is 22.4 Å². The second-order valence-electron chi connectivity index (χ2n) is 4.13. The summed E-state index contributed by atoms with van der Waals surface area (Å²) in [6.07, 6.45) is 2.40. The second-order valence-corrected chi connectivity index (χ2v) is 4.98. The van der Waals surface area contributed by atoms with Gasteiger partial charge >= 0.3 is 0 Å². The predicted octanol–water partition coefficient (Wildman–Crippen LogP) is 3.72. The molecule has 90 valence electrons. The van der Waals surface area contributed by atoms with Gasteiger partial charge < -0.3 is 10.5 Å². The zero-order valence-corrected chi connectivity index (χ0v) is 11.6. The Morgan fingerprint density at radius 1 is 1.44 bits per heavy atom. The predicted molar refractivity (Wildman–Crippen MR) is 71.6 cm³/mol. The van der Waals surface area contributed by atoms with Crippen molar-refractivity contribution in [3.63, 3.8) is 0 Å². The summed E-state index contributed by atoms with van der Waals surface area (Å²) >= 11 is 3.49. The molecule has 0 amide bonds. The van der Waals surface area contributed by atoms with Crippen molar-refractivity contribution in [2.75, 3.05) is 6.61 Å². The minimum atomic E-state index is 0.499. The summed E-state index contributed by atoms with van der Waals surface area (Å²) in [6.45, 7) is 5.67. The van der Waals surface area contributed by atoms with Gasteiger partial charge in [-0.05, 0) is 24.5 Å². The summed E-state index contributed by atoms with van der Waals surface area (Å²) < 4.78 is 6.84. The third-order valence-corrected chi connectivity index (χ3v) is 3.33. The van der Waals surface area contributed by atoms with Crippen LogP contribution in [0.1, 0.15) is 32.3 Å². The Labute approximate surface area is 106 Å². The number of rotatable bonds is 6. The van der Waals surface area contributed by atoms with Gasteiger partial charge in [0.05, 0.1) is 6.61 Å². The summed E-state index contributed by atoms with van der Waals surface area (Å²) in [5.41, 5.74) is 6.75. The SMILES string of the molecule is CCCC(C)COc1cccc(Br)c1CN. The van der Waals surface area contributed by atoms with Gasteiger partial charge in [-0.2, -0.15) is 0 Å². The summed E-state index contributed by atoms with van der Waals surface area (Å²) in [5.74, 6) is 1.49. The molecule has 0 spiro atoms. The van der Waals surface area contributed by atoms with Crippen LogP contribution in [-0.4, -0.2) is 6.61 Å². The standard InChI is InChI=1S/C13H20BrNO/c1-3-5-10(2)9-16-13-7-4-6-12(14)11(13)8-15/h4,6-7,10H,3,5,8-9,15H2,1-2H3. The molecule has 0 bridgehead atoms. The lowest BCUT2D eigenvalue weighted by atomic mass is 10.1. The van der Waals surface area contributed by atoms with Gasteiger partial charge in [-0.15, -0.1) is 0 Å². The molecule has 3 heteroatoms. The molecule has 1 aromatic carbocycles. The summed E-state index contributed by atoms with van der Waals surface area (Å²) in [5, 5.41) is 0. The molecule has 0 aliphatic carbocycles. The Hall–Kier alpha value is -0.540. The number of halogens is 1. The number of nitrogens with two attached hydrogens (primary N) is 1. The second kappa shape index (κ2) is 6.92. The Morgan fingerprint density at radius 3 is 2.81 bits per heavy atom. The molecule has 0 aromatic heterocycles. The maximum absolute atomic E-state index is 5.81. The van der Waals surface area contributed by atoms with E-state index >= 15 is 0 Å². The van der Waals surface area contributed by atoms with Crippen molar-refractivity contribution < 1.29 is 4.74 Å². The number of hydrogen-bond acceptors (Lipinski definition) is 2. The average molecular weight is 286 g/mol. The Balaban J connectivity index is 2.63. The van der Waals surface area contributed by atoms with E-state index in [0.29, 0.717) is 12.5 Å². The first-order valence-corrected chi connectivity index (χ1v) is 6.58. The van der Waals surface area contributed by atoms with E-state index in [1.165, 1.54) is 12.8 Å². The molecule has 0 saturated carbocycles. The molecule has 1 atom stereocenters. The number of ether oxygens (including phenoxy) is 1. The molecule has 0 saturated heterocycles. The summed E-state index contributed by atoms with van der Waals surface area (Å²) in [6, 6.07) is 5.94. The van der Waals surface area contributed by atoms with Gasteiger partial charge in [0.2, 0.25) is 0 Å². The van der Waals surface area contributed by atoms with Gasteiger partial charge in [0.25, 0.3) is 0 Å². The highest BCUT2D eigenvalue weighted by molar-refractivity contribution is 9.10. The number of hydrogen-bond donors (Lipinski definition) is 1. The van der Waals surface area contributed by atoms with Crippen LogP contribution in [0, 0.1) is 5.92 Å². The zero-order chi connectivity index (χ0) is 12.0. The molecule has 0 radical (unpaired) electrons. The number of benzene rings is 1. The van der Waals surface area contributed by atoms with E-state index in [1.807, 2.05) is 18.2 Å². The van der Waals surface area contributed by atoms with Crippen LogP contribution >= 0.6 is 15.9 Å². The Bertz CT molecular complexity index is 328. The normalized spacial score (nSPS) is 12.5. The zero-order valence-electron chi connectivity index (χ0n) is 10.0. The molecule has 2 nitrogen and oxygen atoms in total. The van der Waals surface area contributed by atoms with Crippen molar-refractivity contribution in [2.24, 2.45) is 11.7 Å². The van der Waals surface area contributed by atoms with Crippen molar-refractivity contribution in [1.82, 2.24) is 0 Å². The van der Waals surface area contributed by atoms with E-state index in [9.17, 15) is 0 Å². The molecular weight excluding hydrogens is 266 g/mol. The first-order valence-electron chi connectivity index (χ1n) is 5.79. The van der Waals surface area contributed by atoms with Crippen molar-refractivity contribution in [3.05, 3.63) is 28.2 Å². The lowest BCUT2D eigenvalue weighted by Gasteiger charge is -2.15. The largest absolute Gasteiger partial charge is 0.493 e. The topological polar surface area (TPSA) is 35.2 Å². The third-order valence-electron chi connectivity index (χ3n) is 2.58. The van der Waals surface area contributed by atoms with Gasteiger partial charge in [-0.25, -0.2) is 0 Å². The van der Waals surface area contributed by atoms with Crippen LogP contribution in [-0.2, 0) is 6.54 Å². The van der Waals surface area contributed by atoms with Crippen LogP contribution in [0.25, 0.3) is 0 Å². The quantitative estimate of drug-likeness (QED) is 0.865. The molecule has 0 aliphatic heterocycles. The van der Waals surface area contributed by atoms with Gasteiger partial charge in [0, 0.05) is 16.6 Å². The van der Waals surface area contributed by atoms with Gasteiger partial charge in [0.1, 0.15) is 5.75 Å². The molecule has 2 N–H and O–H groups in total. The maximum Gasteiger partial charge on any atom is 0.124 e. The van der Waals surface area contributed by atoms with E-state index in [2.05, 4.69) is 29.8 Å². The van der Waals surface area contributed by atoms with E-state index in [4.69, 9.17) is 10.5 Å². The maximum atomic E-state index is 5.81. The monoisotopic (exact) mass is 285 g/mol. The highest BCUT2D eigenvalue weighted by Gasteiger charge is 2.07. The van der Waals surface area contributed by atoms with Crippen LogP contribution < -0.4 is 10.5 Å². The van der Waals surface area contributed by atoms with Gasteiger partial charge in [-0.1, -0.05) is 42.3 Å². The molecule has 0 aliphatic rings. The molecule has 1 aromatic rings. The van der Waals surface area contributed by atoms with E-state index in [-0.39, 0.29) is 0 Å². The molecule has 16 heavy (non-hydrogen) atoms. The van der Waals surface area contributed by atoms with Gasteiger partial charge in [-0.3, -0.25) is 0 Å². The minimum Gasteiger partial charge on any atom is -0.493 e. The van der Waals surface area contributed by atoms with E-state index < -0.39 is 0 Å². The molecule has 1 rings (SSSR count). The third kappa shape index (κ3) is 3.80. The van der Waals surface area contributed by atoms with Crippen molar-refractivity contribution in [3.8, 4) is 5.75 Å². The van der Waals surface area contributed by atoms with Crippen molar-refractivity contribution in [1.29, 1.82) is 0 Å². The molecular formula is C13H20BrNO. The fourth-order valence-electron chi connectivity index (χ4n) is 1.68. The van der Waals surface area contributed by atoms with Gasteiger partial charge in [0.15, 0.2) is 0 Å². The highest BCUT2D eigenvalue weighted by Crippen LogP contribution is 2.26. The summed E-state index contributed by atoms with van der Waals surface area (Å²) in [4.78, 5) is 0. The van der Waals surface area contributed by atoms with Crippen molar-refractivity contribution in [2.45, 2.75) is 33.2 Å². The lowest BCUT2D eigenvalue weighted by Crippen LogP contribution is -2.10. The molecule has 1 unspecified atom stereocenters. The van der Waals surface area contributed by atoms with Crippen LogP contribution in [0.5, 0.6) is 5.75 Å². The summed E-state index contributed by atoms with van der Waals surface area (Å²) in [7, 11) is 0. The first-order chi connectivity index (χ1) is 7.69. The van der Waals surface area contributed by atoms with Crippen LogP contribution in [0.2, 0.25) is 0 Å². The minimum absolute atomic E-state index is 0.499. The van der Waals surface area contributed by atoms with Crippen LogP contribution in [0.15, 0.2) is 22.7 Å². The van der Waals surface area contributed by atoms with Crippen LogP contribution in [0.4, 0.5) is 0 Å². The molecule has 0 fully saturated rings. The fraction of sp³-hybridized carbons (Fsp3) is 0.538. The lowest BCUT2D eigenvalue weighted by molar-refractivity contribution is 0.249. The molecule has 0 heterocycles. The Morgan fingerprint density at radius 2 is 2.19 bits per heavy atom. The van der Waals surface area contributed by atoms with Crippen LogP contribution in [0.3, 0.4) is 0 Å². The van der Waals surface area contributed by atoms with E-state index in [1.54, 1.807) is 0 Å². The smallest absolute Gasteiger partial charge is 0.124 e. The Kier molecular flexibility index (Phi) is 5.85. The van der Waals surface area contributed by atoms with Crippen molar-refractivity contribution >= 4 is 15.9 Å².